The van der Waals surface area contributed by atoms with Crippen LogP contribution < -0.4 is 10.1 Å². The number of hydrogen-bond donors (Lipinski definition) is 1. The number of hydrogen-bond acceptors (Lipinski definition) is 3. The quantitative estimate of drug-likeness (QED) is 0.778. The van der Waals surface area contributed by atoms with Gasteiger partial charge in [-0.05, 0) is 45.4 Å². The number of rotatable bonds is 8. The molecular formula is C22H28N2O3. The minimum absolute atomic E-state index is 0.112. The Hall–Kier alpha value is -2.82. The van der Waals surface area contributed by atoms with Gasteiger partial charge >= 0.3 is 0 Å². The van der Waals surface area contributed by atoms with Crippen molar-refractivity contribution in [1.29, 1.82) is 0 Å². The largest absolute Gasteiger partial charge is 0.484 e. The number of nitrogens with one attached hydrogen (secondary N) is 1. The summed E-state index contributed by atoms with van der Waals surface area (Å²) in [7, 11) is 0. The minimum atomic E-state index is -0.583. The number of benzene rings is 2. The van der Waals surface area contributed by atoms with Crippen molar-refractivity contribution in [2.75, 3.05) is 13.2 Å². The summed E-state index contributed by atoms with van der Waals surface area (Å²) in [5, 5.41) is 2.78. The molecule has 0 saturated heterocycles. The van der Waals surface area contributed by atoms with E-state index in [0.29, 0.717) is 18.8 Å². The Balaban J connectivity index is 2.11. The van der Waals surface area contributed by atoms with Crippen LogP contribution in [0, 0.1) is 13.8 Å². The predicted octanol–water partition coefficient (Wildman–Crippen LogP) is 3.24. The van der Waals surface area contributed by atoms with Crippen LogP contribution in [0.15, 0.2) is 48.5 Å². The standard InChI is InChI=1S/C22H28N2O3/c1-5-23-22(26)18(4)24(14-19-10-6-16(2)7-11-19)21(25)15-27-20-12-8-17(3)9-13-20/h6-13,18H,5,14-15H2,1-4H3,(H,23,26)/t18-/m1/s1. The summed E-state index contributed by atoms with van der Waals surface area (Å²) < 4.78 is 5.63. The van der Waals surface area contributed by atoms with E-state index < -0.39 is 6.04 Å². The summed E-state index contributed by atoms with van der Waals surface area (Å²) in [4.78, 5) is 26.7. The molecule has 2 amide bonds. The predicted molar refractivity (Wildman–Crippen MR) is 107 cm³/mol. The molecule has 5 heteroatoms. The van der Waals surface area contributed by atoms with Crippen LogP contribution in [0.3, 0.4) is 0 Å². The molecule has 5 nitrogen and oxygen atoms in total. The lowest BCUT2D eigenvalue weighted by Gasteiger charge is -2.28. The molecule has 0 bridgehead atoms. The number of amides is 2. The molecule has 2 aromatic rings. The molecule has 0 aliphatic carbocycles. The van der Waals surface area contributed by atoms with Crippen molar-refractivity contribution in [3.8, 4) is 5.75 Å². The van der Waals surface area contributed by atoms with Gasteiger partial charge in [-0.25, -0.2) is 0 Å². The third-order valence-corrected chi connectivity index (χ3v) is 4.38. The van der Waals surface area contributed by atoms with Gasteiger partial charge in [0.1, 0.15) is 11.8 Å². The van der Waals surface area contributed by atoms with E-state index in [-0.39, 0.29) is 18.4 Å². The number of carbonyl (C=O) groups excluding carboxylic acids is 2. The first-order chi connectivity index (χ1) is 12.9. The molecule has 144 valence electrons. The molecule has 2 rings (SSSR count). The molecule has 0 unspecified atom stereocenters. The molecule has 0 aliphatic heterocycles. The Bertz CT molecular complexity index is 754. The van der Waals surface area contributed by atoms with Crippen molar-refractivity contribution in [2.24, 2.45) is 0 Å². The third kappa shape index (κ3) is 6.13. The number of ether oxygens (including phenoxy) is 1. The molecule has 0 radical (unpaired) electrons. The SMILES string of the molecule is CCNC(=O)[C@@H](C)N(Cc1ccc(C)cc1)C(=O)COc1ccc(C)cc1. The third-order valence-electron chi connectivity index (χ3n) is 4.38. The molecule has 0 heterocycles. The van der Waals surface area contributed by atoms with E-state index in [2.05, 4.69) is 5.32 Å². The van der Waals surface area contributed by atoms with Crippen LogP contribution in [0.4, 0.5) is 0 Å². The highest BCUT2D eigenvalue weighted by Crippen LogP contribution is 2.14. The summed E-state index contributed by atoms with van der Waals surface area (Å²) >= 11 is 0. The second-order valence-corrected chi connectivity index (χ2v) is 6.68. The van der Waals surface area contributed by atoms with Crippen molar-refractivity contribution in [3.05, 3.63) is 65.2 Å². The zero-order chi connectivity index (χ0) is 19.8. The van der Waals surface area contributed by atoms with Gasteiger partial charge < -0.3 is 15.0 Å². The summed E-state index contributed by atoms with van der Waals surface area (Å²) in [5.74, 6) is 0.234. The molecule has 1 atom stereocenters. The second kappa shape index (κ2) is 9.76. The maximum Gasteiger partial charge on any atom is 0.261 e. The normalized spacial score (nSPS) is 11.6. The highest BCUT2D eigenvalue weighted by atomic mass is 16.5. The van der Waals surface area contributed by atoms with Crippen LogP contribution in [0.1, 0.15) is 30.5 Å². The fraction of sp³-hybridized carbons (Fsp3) is 0.364. The van der Waals surface area contributed by atoms with Crippen molar-refractivity contribution < 1.29 is 14.3 Å². The Morgan fingerprint density at radius 3 is 2.11 bits per heavy atom. The molecule has 0 fully saturated rings. The van der Waals surface area contributed by atoms with E-state index in [0.717, 1.165) is 16.7 Å². The Morgan fingerprint density at radius 1 is 1.00 bits per heavy atom. The molecule has 0 saturated carbocycles. The lowest BCUT2D eigenvalue weighted by molar-refractivity contribution is -0.142. The maximum atomic E-state index is 12.8. The van der Waals surface area contributed by atoms with Gasteiger partial charge in [-0.2, -0.15) is 0 Å². The van der Waals surface area contributed by atoms with Gasteiger partial charge in [0.05, 0.1) is 0 Å². The molecule has 0 aromatic heterocycles. The number of aryl methyl sites for hydroxylation is 2. The maximum absolute atomic E-state index is 12.8. The molecule has 0 aliphatic rings. The average molecular weight is 368 g/mol. The summed E-state index contributed by atoms with van der Waals surface area (Å²) in [6, 6.07) is 14.9. The van der Waals surface area contributed by atoms with Crippen molar-refractivity contribution in [3.63, 3.8) is 0 Å². The van der Waals surface area contributed by atoms with Crippen molar-refractivity contribution >= 4 is 11.8 Å². The Kier molecular flexibility index (Phi) is 7.41. The van der Waals surface area contributed by atoms with Gasteiger partial charge in [-0.3, -0.25) is 9.59 Å². The van der Waals surface area contributed by atoms with Crippen LogP contribution in [-0.2, 0) is 16.1 Å². The molecule has 1 N–H and O–H groups in total. The fourth-order valence-corrected chi connectivity index (χ4v) is 2.66. The van der Waals surface area contributed by atoms with Crippen LogP contribution in [0.2, 0.25) is 0 Å². The fourth-order valence-electron chi connectivity index (χ4n) is 2.66. The summed E-state index contributed by atoms with van der Waals surface area (Å²) in [5.41, 5.74) is 3.25. The molecule has 27 heavy (non-hydrogen) atoms. The Morgan fingerprint density at radius 2 is 1.56 bits per heavy atom. The van der Waals surface area contributed by atoms with E-state index in [9.17, 15) is 9.59 Å². The van der Waals surface area contributed by atoms with Crippen LogP contribution in [0.25, 0.3) is 0 Å². The van der Waals surface area contributed by atoms with Gasteiger partial charge in [0.25, 0.3) is 5.91 Å². The van der Waals surface area contributed by atoms with Crippen LogP contribution in [0.5, 0.6) is 5.75 Å². The monoisotopic (exact) mass is 368 g/mol. The smallest absolute Gasteiger partial charge is 0.261 e. The lowest BCUT2D eigenvalue weighted by atomic mass is 10.1. The molecular weight excluding hydrogens is 340 g/mol. The first kappa shape index (κ1) is 20.5. The van der Waals surface area contributed by atoms with Crippen molar-refractivity contribution in [1.82, 2.24) is 10.2 Å². The van der Waals surface area contributed by atoms with Crippen LogP contribution in [-0.4, -0.2) is 35.9 Å². The average Bonchev–Trinajstić information content (AvgIpc) is 2.66. The zero-order valence-corrected chi connectivity index (χ0v) is 16.5. The van der Waals surface area contributed by atoms with Gasteiger partial charge in [-0.15, -0.1) is 0 Å². The van der Waals surface area contributed by atoms with E-state index >= 15 is 0 Å². The van der Waals surface area contributed by atoms with E-state index in [4.69, 9.17) is 4.74 Å². The topological polar surface area (TPSA) is 58.6 Å². The van der Waals surface area contributed by atoms with Gasteiger partial charge in [0, 0.05) is 13.1 Å². The number of carbonyl (C=O) groups is 2. The van der Waals surface area contributed by atoms with Gasteiger partial charge in [0.2, 0.25) is 5.91 Å². The zero-order valence-electron chi connectivity index (χ0n) is 16.5. The van der Waals surface area contributed by atoms with E-state index in [1.165, 1.54) is 0 Å². The van der Waals surface area contributed by atoms with Crippen LogP contribution >= 0.6 is 0 Å². The minimum Gasteiger partial charge on any atom is -0.484 e. The van der Waals surface area contributed by atoms with Gasteiger partial charge in [0.15, 0.2) is 6.61 Å². The van der Waals surface area contributed by atoms with Gasteiger partial charge in [-0.1, -0.05) is 47.5 Å². The Labute approximate surface area is 161 Å². The second-order valence-electron chi connectivity index (χ2n) is 6.68. The van der Waals surface area contributed by atoms with E-state index in [1.54, 1.807) is 11.8 Å². The molecule has 2 aromatic carbocycles. The summed E-state index contributed by atoms with van der Waals surface area (Å²) in [6.07, 6.45) is 0. The lowest BCUT2D eigenvalue weighted by Crippen LogP contribution is -2.49. The number of nitrogens with zero attached hydrogens (tertiary/aromatic N) is 1. The highest BCUT2D eigenvalue weighted by molar-refractivity contribution is 5.87. The first-order valence-electron chi connectivity index (χ1n) is 9.23. The first-order valence-corrected chi connectivity index (χ1v) is 9.23. The summed E-state index contributed by atoms with van der Waals surface area (Å²) in [6.45, 7) is 8.37. The molecule has 0 spiro atoms. The van der Waals surface area contributed by atoms with Crippen molar-refractivity contribution in [2.45, 2.75) is 40.3 Å². The highest BCUT2D eigenvalue weighted by Gasteiger charge is 2.26. The number of likely N-dealkylation sites (N-methyl/N-ethyl adjacent to an activating group) is 1. The van der Waals surface area contributed by atoms with E-state index in [1.807, 2.05) is 69.3 Å².